The van der Waals surface area contributed by atoms with E-state index in [9.17, 15) is 0 Å². The van der Waals surface area contributed by atoms with Crippen molar-refractivity contribution in [3.05, 3.63) is 59.7 Å². The molecule has 3 nitrogen and oxygen atoms in total. The quantitative estimate of drug-likeness (QED) is 0.677. The van der Waals surface area contributed by atoms with Crippen molar-refractivity contribution in [2.24, 2.45) is 0 Å². The lowest BCUT2D eigenvalue weighted by Gasteiger charge is -2.29. The van der Waals surface area contributed by atoms with Crippen LogP contribution in [0, 0.1) is 13.3 Å². The van der Waals surface area contributed by atoms with Crippen LogP contribution in [0.4, 0.5) is 5.69 Å². The third-order valence-electron chi connectivity index (χ3n) is 4.55. The third-order valence-corrected chi connectivity index (χ3v) is 4.87. The van der Waals surface area contributed by atoms with Gasteiger partial charge in [-0.25, -0.2) is 4.98 Å². The molecule has 1 saturated heterocycles. The third kappa shape index (κ3) is 2.59. The van der Waals surface area contributed by atoms with E-state index in [4.69, 9.17) is 16.6 Å². The molecule has 2 aromatic heterocycles. The highest BCUT2D eigenvalue weighted by atomic mass is 35.5. The monoisotopic (exact) mass is 324 g/mol. The fraction of sp³-hybridized carbons (Fsp3) is 0.263. The first-order valence-corrected chi connectivity index (χ1v) is 8.42. The van der Waals surface area contributed by atoms with E-state index in [1.807, 2.05) is 30.5 Å². The number of imidazole rings is 1. The van der Waals surface area contributed by atoms with Crippen LogP contribution in [0.5, 0.6) is 0 Å². The number of piperidine rings is 1. The molecule has 23 heavy (non-hydrogen) atoms. The number of fused-ring (bicyclic) bond motifs is 1. The fourth-order valence-electron chi connectivity index (χ4n) is 3.27. The second kappa shape index (κ2) is 5.89. The Balaban J connectivity index is 1.81. The van der Waals surface area contributed by atoms with Crippen LogP contribution in [0.1, 0.15) is 18.5 Å². The topological polar surface area (TPSA) is 20.5 Å². The number of anilines is 1. The Morgan fingerprint density at radius 3 is 2.70 bits per heavy atom. The zero-order valence-corrected chi connectivity index (χ0v) is 13.9. The fourth-order valence-corrected chi connectivity index (χ4v) is 3.48. The molecule has 0 atom stereocenters. The van der Waals surface area contributed by atoms with Gasteiger partial charge in [-0.05, 0) is 56.5 Å². The summed E-state index contributed by atoms with van der Waals surface area (Å²) in [5.74, 6) is 0. The number of pyridine rings is 1. The average Bonchev–Trinajstić information content (AvgIpc) is 2.93. The number of aryl methyl sites for hydroxylation is 1. The summed E-state index contributed by atoms with van der Waals surface area (Å²) in [6.07, 6.45) is 6.69. The van der Waals surface area contributed by atoms with Crippen molar-refractivity contribution < 1.29 is 0 Å². The number of hydrogen-bond donors (Lipinski definition) is 0. The van der Waals surface area contributed by atoms with Gasteiger partial charge in [0.05, 0.1) is 10.7 Å². The second-order valence-corrected chi connectivity index (χ2v) is 6.40. The maximum absolute atomic E-state index is 6.50. The summed E-state index contributed by atoms with van der Waals surface area (Å²) in [5, 5.41) is 0.754. The van der Waals surface area contributed by atoms with Crippen molar-refractivity contribution in [1.82, 2.24) is 9.38 Å². The van der Waals surface area contributed by atoms with Gasteiger partial charge < -0.3 is 9.30 Å². The van der Waals surface area contributed by atoms with Gasteiger partial charge in [-0.15, -0.1) is 0 Å². The molecule has 0 unspecified atom stereocenters. The highest BCUT2D eigenvalue weighted by molar-refractivity contribution is 6.33. The summed E-state index contributed by atoms with van der Waals surface area (Å²) in [6.45, 7) is 4.24. The second-order valence-electron chi connectivity index (χ2n) is 5.99. The Labute approximate surface area is 141 Å². The zero-order valence-electron chi connectivity index (χ0n) is 13.2. The first-order chi connectivity index (χ1) is 11.2. The predicted octanol–water partition coefficient (Wildman–Crippen LogP) is 4.77. The minimum atomic E-state index is 0.754. The lowest BCUT2D eigenvalue weighted by Crippen LogP contribution is -2.29. The molecule has 1 aliphatic heterocycles. The summed E-state index contributed by atoms with van der Waals surface area (Å²) in [5.41, 5.74) is 5.28. The molecule has 1 aliphatic rings. The number of benzene rings is 1. The van der Waals surface area contributed by atoms with E-state index in [1.54, 1.807) is 0 Å². The van der Waals surface area contributed by atoms with E-state index < -0.39 is 0 Å². The summed E-state index contributed by atoms with van der Waals surface area (Å²) in [6, 6.07) is 12.3. The van der Waals surface area contributed by atoms with Crippen LogP contribution in [0.2, 0.25) is 5.02 Å². The van der Waals surface area contributed by atoms with E-state index >= 15 is 0 Å². The average molecular weight is 325 g/mol. The van der Waals surface area contributed by atoms with Crippen LogP contribution in [0.25, 0.3) is 16.9 Å². The molecule has 1 aromatic carbocycles. The lowest BCUT2D eigenvalue weighted by molar-refractivity contribution is 0.679. The molecule has 0 spiro atoms. The normalized spacial score (nSPS) is 15.3. The maximum Gasteiger partial charge on any atom is 0.137 e. The largest absolute Gasteiger partial charge is 0.371 e. The van der Waals surface area contributed by atoms with Gasteiger partial charge in [0.15, 0.2) is 0 Å². The molecular formula is C19H19ClN3. The smallest absolute Gasteiger partial charge is 0.137 e. The number of halogens is 1. The van der Waals surface area contributed by atoms with Gasteiger partial charge in [0.2, 0.25) is 0 Å². The summed E-state index contributed by atoms with van der Waals surface area (Å²) >= 11 is 6.50. The van der Waals surface area contributed by atoms with E-state index in [-0.39, 0.29) is 0 Å². The van der Waals surface area contributed by atoms with Crippen LogP contribution < -0.4 is 4.90 Å². The maximum atomic E-state index is 6.50. The van der Waals surface area contributed by atoms with Gasteiger partial charge in [-0.3, -0.25) is 0 Å². The van der Waals surface area contributed by atoms with Crippen LogP contribution >= 0.6 is 11.6 Å². The van der Waals surface area contributed by atoms with E-state index in [1.165, 1.54) is 5.69 Å². The first kappa shape index (κ1) is 14.6. The van der Waals surface area contributed by atoms with Crippen molar-refractivity contribution in [2.75, 3.05) is 18.0 Å². The molecule has 1 fully saturated rings. The predicted molar refractivity (Wildman–Crippen MR) is 96.1 cm³/mol. The van der Waals surface area contributed by atoms with Crippen LogP contribution in [0.15, 0.2) is 42.6 Å². The Morgan fingerprint density at radius 2 is 1.91 bits per heavy atom. The van der Waals surface area contributed by atoms with Crippen LogP contribution in [-0.2, 0) is 0 Å². The Bertz CT molecular complexity index is 847. The molecule has 3 heterocycles. The summed E-state index contributed by atoms with van der Waals surface area (Å²) < 4.78 is 2.11. The highest BCUT2D eigenvalue weighted by Crippen LogP contribution is 2.34. The SMILES string of the molecule is Cc1c(-c2cc(N3CC[CH]CC3)ccc2Cl)nc2ccccn12. The van der Waals surface area contributed by atoms with Crippen molar-refractivity contribution >= 4 is 22.9 Å². The van der Waals surface area contributed by atoms with Crippen molar-refractivity contribution in [3.8, 4) is 11.3 Å². The number of hydrogen-bond acceptors (Lipinski definition) is 2. The molecule has 3 aromatic rings. The van der Waals surface area contributed by atoms with Gasteiger partial charge in [0.1, 0.15) is 5.65 Å². The van der Waals surface area contributed by atoms with Crippen molar-refractivity contribution in [1.29, 1.82) is 0 Å². The lowest BCUT2D eigenvalue weighted by atomic mass is 10.1. The summed E-state index contributed by atoms with van der Waals surface area (Å²) in [4.78, 5) is 7.20. The van der Waals surface area contributed by atoms with Crippen LogP contribution in [-0.4, -0.2) is 22.5 Å². The Kier molecular flexibility index (Phi) is 3.74. The van der Waals surface area contributed by atoms with Crippen molar-refractivity contribution in [3.63, 3.8) is 0 Å². The van der Waals surface area contributed by atoms with Gasteiger partial charge >= 0.3 is 0 Å². The minimum absolute atomic E-state index is 0.754. The minimum Gasteiger partial charge on any atom is -0.371 e. The van der Waals surface area contributed by atoms with Crippen molar-refractivity contribution in [2.45, 2.75) is 19.8 Å². The molecule has 4 heteroatoms. The van der Waals surface area contributed by atoms with Gasteiger partial charge in [0, 0.05) is 36.2 Å². The molecular weight excluding hydrogens is 306 g/mol. The Morgan fingerprint density at radius 1 is 1.09 bits per heavy atom. The molecule has 4 rings (SSSR count). The zero-order chi connectivity index (χ0) is 15.8. The van der Waals surface area contributed by atoms with Gasteiger partial charge in [-0.2, -0.15) is 0 Å². The Hall–Kier alpha value is -2.00. The summed E-state index contributed by atoms with van der Waals surface area (Å²) in [7, 11) is 0. The molecule has 0 aliphatic carbocycles. The van der Waals surface area contributed by atoms with E-state index in [2.05, 4.69) is 34.8 Å². The molecule has 0 amide bonds. The van der Waals surface area contributed by atoms with E-state index in [0.29, 0.717) is 0 Å². The molecule has 0 saturated carbocycles. The molecule has 0 bridgehead atoms. The molecule has 0 N–H and O–H groups in total. The first-order valence-electron chi connectivity index (χ1n) is 8.04. The van der Waals surface area contributed by atoms with Gasteiger partial charge in [-0.1, -0.05) is 17.7 Å². The van der Waals surface area contributed by atoms with Gasteiger partial charge in [0.25, 0.3) is 0 Å². The van der Waals surface area contributed by atoms with Crippen LogP contribution in [0.3, 0.4) is 0 Å². The number of nitrogens with zero attached hydrogens (tertiary/aromatic N) is 3. The highest BCUT2D eigenvalue weighted by Gasteiger charge is 2.17. The molecule has 117 valence electrons. The molecule has 1 radical (unpaired) electrons. The standard InChI is InChI=1S/C19H19ClN3/c1-14-19(21-18-7-3-6-12-23(14)18)16-13-15(8-9-17(16)20)22-10-4-2-5-11-22/h2-3,6-9,12-13H,4-5,10-11H2,1H3. The van der Waals surface area contributed by atoms with E-state index in [0.717, 1.165) is 53.6 Å². The number of aromatic nitrogens is 2. The number of rotatable bonds is 2.